The molecule has 3 rings (SSSR count). The highest BCUT2D eigenvalue weighted by Gasteiger charge is 2.42. The largest absolute Gasteiger partial charge is 0.481 e. The van der Waals surface area contributed by atoms with Gasteiger partial charge in [-0.15, -0.1) is 0 Å². The molecule has 384 valence electrons. The summed E-state index contributed by atoms with van der Waals surface area (Å²) in [5.41, 5.74) is 6.07. The third-order valence-electron chi connectivity index (χ3n) is 13.9. The zero-order valence-corrected chi connectivity index (χ0v) is 43.0. The van der Waals surface area contributed by atoms with Crippen LogP contribution in [0.1, 0.15) is 123 Å². The highest BCUT2D eigenvalue weighted by molar-refractivity contribution is 5.96. The number of benzene rings is 2. The van der Waals surface area contributed by atoms with Crippen LogP contribution in [0.3, 0.4) is 0 Å². The second-order valence-corrected chi connectivity index (χ2v) is 19.7. The number of ether oxygens (including phenoxy) is 2. The number of aliphatic carboxylic acids is 1. The van der Waals surface area contributed by atoms with Crippen LogP contribution in [0.15, 0.2) is 60.7 Å². The van der Waals surface area contributed by atoms with Gasteiger partial charge in [0.25, 0.3) is 11.8 Å². The van der Waals surface area contributed by atoms with Gasteiger partial charge in [-0.3, -0.25) is 49.3 Å². The van der Waals surface area contributed by atoms with E-state index in [1.165, 1.54) is 7.11 Å². The van der Waals surface area contributed by atoms with Crippen LogP contribution in [0, 0.1) is 35.5 Å². The number of nitrogens with one attached hydrogen (secondary N) is 4. The minimum Gasteiger partial charge on any atom is -0.481 e. The van der Waals surface area contributed by atoms with Crippen LogP contribution in [0.5, 0.6) is 0 Å². The molecule has 1 fully saturated rings. The standard InChI is InChI=1S/C53H82N6O10/c1-12-35(6)40(28-27-36(7)48(63)46(33(2)3)55-53(67)47(34(4)5)58(9)29-20-26-45(61)62)43(68-10)32-44(60)59-30-19-25-42(59)49(69-11)37(8)50(64)54-41(31-38-21-15-13-16-22-38)52(66)57-56-51(65)39-23-17-14-18-24-39/h13-18,21-24,33-37,40-43,46-47,49H,12,19-20,25-32H2,1-11H3,(H,54,64)(H,55,67)(H,56,65)(H,57,66)(H,61,62)/t35-,36?,37+,40-,41-,42-,43+,46-,47-,49+/m0/s1. The number of likely N-dealkylation sites (N-methyl/N-ethyl adjacent to an activating group) is 1. The van der Waals surface area contributed by atoms with Gasteiger partial charge in [-0.2, -0.15) is 0 Å². The Morgan fingerprint density at radius 1 is 0.797 bits per heavy atom. The first kappa shape index (κ1) is 58.1. The highest BCUT2D eigenvalue weighted by atomic mass is 16.5. The maximum atomic E-state index is 14.4. The molecule has 16 nitrogen and oxygen atoms in total. The number of carboxylic acids is 1. The van der Waals surface area contributed by atoms with Gasteiger partial charge in [0.1, 0.15) is 6.04 Å². The van der Waals surface area contributed by atoms with Gasteiger partial charge in [0.2, 0.25) is 17.7 Å². The van der Waals surface area contributed by atoms with Crippen LogP contribution in [0.4, 0.5) is 0 Å². The van der Waals surface area contributed by atoms with E-state index in [1.807, 2.05) is 69.9 Å². The van der Waals surface area contributed by atoms with Crippen molar-refractivity contribution in [1.82, 2.24) is 31.3 Å². The average Bonchev–Trinajstić information content (AvgIpc) is 3.81. The highest BCUT2D eigenvalue weighted by Crippen LogP contribution is 2.33. The number of hydrazine groups is 1. The average molecular weight is 963 g/mol. The van der Waals surface area contributed by atoms with Crippen molar-refractivity contribution in [3.8, 4) is 0 Å². The van der Waals surface area contributed by atoms with Crippen molar-refractivity contribution >= 4 is 41.3 Å². The van der Waals surface area contributed by atoms with Gasteiger partial charge >= 0.3 is 5.97 Å². The van der Waals surface area contributed by atoms with Crippen molar-refractivity contribution in [2.75, 3.05) is 34.4 Å². The van der Waals surface area contributed by atoms with Crippen LogP contribution in [-0.2, 0) is 44.7 Å². The van der Waals surface area contributed by atoms with Crippen molar-refractivity contribution in [2.45, 2.75) is 150 Å². The monoisotopic (exact) mass is 963 g/mol. The fourth-order valence-corrected chi connectivity index (χ4v) is 9.68. The maximum absolute atomic E-state index is 14.4. The predicted molar refractivity (Wildman–Crippen MR) is 265 cm³/mol. The maximum Gasteiger partial charge on any atom is 0.303 e. The van der Waals surface area contributed by atoms with Gasteiger partial charge in [-0.05, 0) is 87.1 Å². The fraction of sp³-hybridized carbons (Fsp3) is 0.642. The van der Waals surface area contributed by atoms with Crippen LogP contribution >= 0.6 is 0 Å². The summed E-state index contributed by atoms with van der Waals surface area (Å²) in [5, 5.41) is 15.1. The minimum atomic E-state index is -1.04. The SMILES string of the molecule is CC[C@H](C)[C@H](CCC(C)C(=O)[C@@H](NC(=O)[C@H](C(C)C)N(C)CCCC(=O)O)C(C)C)[C@@H](CC(=O)N1CCC[C@H]1[C@H](OC)[C@@H](C)C(=O)N[C@@H](Cc1ccccc1)C(=O)NNC(=O)c1ccccc1)OC. The molecular weight excluding hydrogens is 881 g/mol. The first-order chi connectivity index (χ1) is 32.7. The summed E-state index contributed by atoms with van der Waals surface area (Å²) < 4.78 is 12.1. The molecule has 5 N–H and O–H groups in total. The summed E-state index contributed by atoms with van der Waals surface area (Å²) in [7, 11) is 4.93. The third kappa shape index (κ3) is 17.6. The molecule has 2 aromatic carbocycles. The van der Waals surface area contributed by atoms with Crippen molar-refractivity contribution in [2.24, 2.45) is 35.5 Å². The number of amides is 5. The predicted octanol–water partition coefficient (Wildman–Crippen LogP) is 5.83. The molecule has 69 heavy (non-hydrogen) atoms. The second kappa shape index (κ2) is 29.1. The van der Waals surface area contributed by atoms with E-state index in [2.05, 4.69) is 35.3 Å². The number of methoxy groups -OCH3 is 2. The van der Waals surface area contributed by atoms with Gasteiger partial charge in [0.15, 0.2) is 5.78 Å². The summed E-state index contributed by atoms with van der Waals surface area (Å²) in [4.78, 5) is 97.3. The van der Waals surface area contributed by atoms with Crippen molar-refractivity contribution in [3.63, 3.8) is 0 Å². The van der Waals surface area contributed by atoms with Crippen LogP contribution in [0.25, 0.3) is 0 Å². The molecule has 0 saturated carbocycles. The third-order valence-corrected chi connectivity index (χ3v) is 13.9. The minimum absolute atomic E-state index is 0.00540. The Balaban J connectivity index is 1.71. The van der Waals surface area contributed by atoms with Crippen molar-refractivity contribution < 1.29 is 48.1 Å². The molecule has 5 amide bonds. The molecule has 1 unspecified atom stereocenters. The summed E-state index contributed by atoms with van der Waals surface area (Å²) in [6, 6.07) is 15.0. The Morgan fingerprint density at radius 2 is 1.43 bits per heavy atom. The van der Waals surface area contributed by atoms with E-state index in [0.29, 0.717) is 50.8 Å². The molecule has 0 spiro atoms. The number of Topliss-reactive ketones (excluding diaryl/α,β-unsaturated/α-hetero) is 1. The zero-order chi connectivity index (χ0) is 51.4. The number of nitrogens with zero attached hydrogens (tertiary/aromatic N) is 2. The lowest BCUT2D eigenvalue weighted by molar-refractivity contribution is -0.143. The van der Waals surface area contributed by atoms with Gasteiger partial charge in [0.05, 0.1) is 42.7 Å². The number of carbonyl (C=O) groups is 7. The van der Waals surface area contributed by atoms with E-state index < -0.39 is 71.9 Å². The summed E-state index contributed by atoms with van der Waals surface area (Å²) >= 11 is 0. The van der Waals surface area contributed by atoms with E-state index >= 15 is 0 Å². The number of rotatable bonds is 29. The number of carbonyl (C=O) groups excluding carboxylic acids is 6. The Kier molecular flexibility index (Phi) is 24.5. The van der Waals surface area contributed by atoms with Gasteiger partial charge in [-0.25, -0.2) is 0 Å². The van der Waals surface area contributed by atoms with Gasteiger partial charge in [-0.1, -0.05) is 110 Å². The summed E-state index contributed by atoms with van der Waals surface area (Å²) in [6.45, 7) is 16.4. The number of ketones is 1. The smallest absolute Gasteiger partial charge is 0.303 e. The Hall–Kier alpha value is -5.19. The molecule has 10 atom stereocenters. The fourth-order valence-electron chi connectivity index (χ4n) is 9.68. The lowest BCUT2D eigenvalue weighted by Crippen LogP contribution is -2.56. The zero-order valence-electron chi connectivity index (χ0n) is 43.0. The molecule has 1 aliphatic heterocycles. The lowest BCUT2D eigenvalue weighted by atomic mass is 9.79. The Morgan fingerprint density at radius 3 is 2.00 bits per heavy atom. The topological polar surface area (TPSA) is 213 Å². The molecule has 1 heterocycles. The molecule has 0 aliphatic carbocycles. The quantitative estimate of drug-likeness (QED) is 0.0612. The molecule has 2 aromatic rings. The molecule has 1 aliphatic rings. The first-order valence-corrected chi connectivity index (χ1v) is 24.9. The molecule has 16 heteroatoms. The first-order valence-electron chi connectivity index (χ1n) is 24.9. The lowest BCUT2D eigenvalue weighted by Gasteiger charge is -2.36. The molecular formula is C53H82N6O10. The summed E-state index contributed by atoms with van der Waals surface area (Å²) in [5.74, 6) is -4.20. The Bertz CT molecular complexity index is 1950. The van der Waals surface area contributed by atoms with E-state index in [1.54, 1.807) is 56.3 Å². The van der Waals surface area contributed by atoms with E-state index in [0.717, 1.165) is 12.0 Å². The van der Waals surface area contributed by atoms with E-state index in [-0.39, 0.29) is 60.5 Å². The number of carboxylic acid groups (broad SMARTS) is 1. The summed E-state index contributed by atoms with van der Waals surface area (Å²) in [6.07, 6.45) is 2.80. The van der Waals surface area contributed by atoms with Crippen LogP contribution in [-0.4, -0.2) is 127 Å². The molecule has 0 radical (unpaired) electrons. The van der Waals surface area contributed by atoms with E-state index in [9.17, 15) is 33.6 Å². The normalized spacial score (nSPS) is 17.8. The van der Waals surface area contributed by atoms with Crippen molar-refractivity contribution in [3.05, 3.63) is 71.8 Å². The van der Waals surface area contributed by atoms with Crippen LogP contribution in [0.2, 0.25) is 0 Å². The van der Waals surface area contributed by atoms with Crippen LogP contribution < -0.4 is 21.5 Å². The number of likely N-dealkylation sites (tertiary alicyclic amines) is 1. The van der Waals surface area contributed by atoms with E-state index in [4.69, 9.17) is 14.6 Å². The molecule has 1 saturated heterocycles. The van der Waals surface area contributed by atoms with Crippen molar-refractivity contribution in [1.29, 1.82) is 0 Å². The van der Waals surface area contributed by atoms with Gasteiger partial charge in [0, 0.05) is 45.1 Å². The Labute approximate surface area is 410 Å². The molecule has 0 bridgehead atoms. The number of hydrogen-bond donors (Lipinski definition) is 5. The number of hydrogen-bond acceptors (Lipinski definition) is 10. The molecule has 0 aromatic heterocycles. The van der Waals surface area contributed by atoms with Gasteiger partial charge < -0.3 is 30.1 Å². The second-order valence-electron chi connectivity index (χ2n) is 19.7.